The Bertz CT molecular complexity index is 907. The van der Waals surface area contributed by atoms with Gasteiger partial charge in [-0.3, -0.25) is 4.79 Å². The van der Waals surface area contributed by atoms with Crippen molar-refractivity contribution in [3.63, 3.8) is 0 Å². The lowest BCUT2D eigenvalue weighted by molar-refractivity contribution is -0.128. The molecule has 0 aliphatic rings. The Morgan fingerprint density at radius 3 is 2.52 bits per heavy atom. The second kappa shape index (κ2) is 9.03. The average Bonchev–Trinajstić information content (AvgIpc) is 2.70. The number of fused-ring (bicyclic) bond motifs is 1. The number of carbonyl (C=O) groups is 1. The van der Waals surface area contributed by atoms with Gasteiger partial charge in [-0.1, -0.05) is 55.5 Å². The molecule has 140 valence electrons. The second-order valence-electron chi connectivity index (χ2n) is 6.06. The van der Waals surface area contributed by atoms with Crippen molar-refractivity contribution in [3.8, 4) is 11.5 Å². The standard InChI is InChI=1S/C22H22FNO3/c1-2-19(27-21-12-6-5-11-18(21)23)22(25)24-14-15-26-20-13-7-9-16-8-3-4-10-17(16)20/h3-13,19H,2,14-15H2,1H3,(H,24,25). The van der Waals surface area contributed by atoms with Crippen molar-refractivity contribution in [1.82, 2.24) is 5.32 Å². The van der Waals surface area contributed by atoms with Crippen molar-refractivity contribution in [1.29, 1.82) is 0 Å². The SMILES string of the molecule is CCC(Oc1ccccc1F)C(=O)NCCOc1cccc2ccccc12. The fourth-order valence-electron chi connectivity index (χ4n) is 2.79. The van der Waals surface area contributed by atoms with Gasteiger partial charge in [-0.05, 0) is 30.0 Å². The van der Waals surface area contributed by atoms with E-state index in [1.807, 2.05) is 49.4 Å². The Kier molecular flexibility index (Phi) is 6.26. The molecule has 3 aromatic carbocycles. The molecule has 0 heterocycles. The Hall–Kier alpha value is -3.08. The molecule has 1 N–H and O–H groups in total. The summed E-state index contributed by atoms with van der Waals surface area (Å²) < 4.78 is 25.0. The maximum Gasteiger partial charge on any atom is 0.261 e. The first-order chi connectivity index (χ1) is 13.2. The monoisotopic (exact) mass is 367 g/mol. The molecule has 0 aromatic heterocycles. The molecule has 1 atom stereocenters. The molecule has 0 bridgehead atoms. The predicted octanol–water partition coefficient (Wildman–Crippen LogP) is 4.33. The van der Waals surface area contributed by atoms with E-state index >= 15 is 0 Å². The van der Waals surface area contributed by atoms with E-state index in [1.54, 1.807) is 12.1 Å². The van der Waals surface area contributed by atoms with Gasteiger partial charge in [-0.25, -0.2) is 4.39 Å². The largest absolute Gasteiger partial charge is 0.491 e. The van der Waals surface area contributed by atoms with Gasteiger partial charge in [0.05, 0.1) is 6.54 Å². The van der Waals surface area contributed by atoms with Crippen LogP contribution in [0.25, 0.3) is 10.8 Å². The quantitative estimate of drug-likeness (QED) is 0.603. The molecule has 27 heavy (non-hydrogen) atoms. The van der Waals surface area contributed by atoms with Crippen LogP contribution in [-0.4, -0.2) is 25.2 Å². The van der Waals surface area contributed by atoms with Crippen LogP contribution in [0, 0.1) is 5.82 Å². The van der Waals surface area contributed by atoms with E-state index in [9.17, 15) is 9.18 Å². The highest BCUT2D eigenvalue weighted by atomic mass is 19.1. The maximum atomic E-state index is 13.7. The van der Waals surface area contributed by atoms with Crippen LogP contribution in [0.4, 0.5) is 4.39 Å². The number of amides is 1. The van der Waals surface area contributed by atoms with Gasteiger partial charge in [0.15, 0.2) is 17.7 Å². The topological polar surface area (TPSA) is 47.6 Å². The molecule has 0 radical (unpaired) electrons. The minimum Gasteiger partial charge on any atom is -0.491 e. The van der Waals surface area contributed by atoms with Gasteiger partial charge in [-0.2, -0.15) is 0 Å². The molecule has 0 aliphatic carbocycles. The minimum absolute atomic E-state index is 0.0755. The van der Waals surface area contributed by atoms with E-state index in [-0.39, 0.29) is 11.7 Å². The summed E-state index contributed by atoms with van der Waals surface area (Å²) in [6.45, 7) is 2.48. The molecule has 0 fully saturated rings. The van der Waals surface area contributed by atoms with Crippen molar-refractivity contribution in [2.45, 2.75) is 19.4 Å². The smallest absolute Gasteiger partial charge is 0.261 e. The molecule has 1 unspecified atom stereocenters. The second-order valence-corrected chi connectivity index (χ2v) is 6.06. The third-order valence-electron chi connectivity index (χ3n) is 4.18. The van der Waals surface area contributed by atoms with E-state index in [0.29, 0.717) is 19.6 Å². The third-order valence-corrected chi connectivity index (χ3v) is 4.18. The summed E-state index contributed by atoms with van der Waals surface area (Å²) in [4.78, 5) is 12.3. The number of carbonyl (C=O) groups excluding carboxylic acids is 1. The summed E-state index contributed by atoms with van der Waals surface area (Å²) in [5.41, 5.74) is 0. The van der Waals surface area contributed by atoms with Crippen molar-refractivity contribution in [3.05, 3.63) is 72.5 Å². The summed E-state index contributed by atoms with van der Waals surface area (Å²) in [6, 6.07) is 19.9. The van der Waals surface area contributed by atoms with E-state index < -0.39 is 11.9 Å². The van der Waals surface area contributed by atoms with Crippen LogP contribution in [0.15, 0.2) is 66.7 Å². The number of ether oxygens (including phenoxy) is 2. The van der Waals surface area contributed by atoms with Gasteiger partial charge < -0.3 is 14.8 Å². The van der Waals surface area contributed by atoms with E-state index in [0.717, 1.165) is 16.5 Å². The molecule has 0 saturated carbocycles. The Morgan fingerprint density at radius 2 is 1.70 bits per heavy atom. The lowest BCUT2D eigenvalue weighted by Crippen LogP contribution is -2.39. The molecule has 0 aliphatic heterocycles. The molecule has 0 spiro atoms. The number of hydrogen-bond acceptors (Lipinski definition) is 3. The summed E-state index contributed by atoms with van der Waals surface area (Å²) in [5.74, 6) is 0.0776. The zero-order valence-corrected chi connectivity index (χ0v) is 15.2. The van der Waals surface area contributed by atoms with Crippen molar-refractivity contribution in [2.75, 3.05) is 13.2 Å². The van der Waals surface area contributed by atoms with Gasteiger partial charge >= 0.3 is 0 Å². The zero-order valence-electron chi connectivity index (χ0n) is 15.2. The Morgan fingerprint density at radius 1 is 1.00 bits per heavy atom. The van der Waals surface area contributed by atoms with Crippen LogP contribution >= 0.6 is 0 Å². The lowest BCUT2D eigenvalue weighted by Gasteiger charge is -2.18. The molecular weight excluding hydrogens is 345 g/mol. The van der Waals surface area contributed by atoms with Crippen LogP contribution < -0.4 is 14.8 Å². The number of benzene rings is 3. The average molecular weight is 367 g/mol. The summed E-state index contributed by atoms with van der Waals surface area (Å²) >= 11 is 0. The number of halogens is 1. The zero-order chi connectivity index (χ0) is 19.1. The fraction of sp³-hybridized carbons (Fsp3) is 0.227. The van der Waals surface area contributed by atoms with Crippen LogP contribution in [-0.2, 0) is 4.79 Å². The van der Waals surface area contributed by atoms with E-state index in [4.69, 9.17) is 9.47 Å². The van der Waals surface area contributed by atoms with Crippen LogP contribution in [0.3, 0.4) is 0 Å². The first-order valence-electron chi connectivity index (χ1n) is 8.98. The van der Waals surface area contributed by atoms with Crippen molar-refractivity contribution < 1.29 is 18.7 Å². The first kappa shape index (κ1) is 18.7. The van der Waals surface area contributed by atoms with Gasteiger partial charge in [0.2, 0.25) is 0 Å². The maximum absolute atomic E-state index is 13.7. The first-order valence-corrected chi connectivity index (χ1v) is 8.98. The normalized spacial score (nSPS) is 11.8. The number of rotatable bonds is 8. The lowest BCUT2D eigenvalue weighted by atomic mass is 10.1. The van der Waals surface area contributed by atoms with Gasteiger partial charge in [-0.15, -0.1) is 0 Å². The van der Waals surface area contributed by atoms with Gasteiger partial charge in [0, 0.05) is 5.39 Å². The highest BCUT2D eigenvalue weighted by molar-refractivity contribution is 5.88. The highest BCUT2D eigenvalue weighted by Gasteiger charge is 2.19. The number of nitrogens with one attached hydrogen (secondary N) is 1. The van der Waals surface area contributed by atoms with Crippen LogP contribution in [0.1, 0.15) is 13.3 Å². The third kappa shape index (κ3) is 4.76. The summed E-state index contributed by atoms with van der Waals surface area (Å²) in [6.07, 6.45) is -0.316. The molecule has 0 saturated heterocycles. The van der Waals surface area contributed by atoms with Gasteiger partial charge in [0.25, 0.3) is 5.91 Å². The van der Waals surface area contributed by atoms with E-state index in [1.165, 1.54) is 12.1 Å². The molecule has 1 amide bonds. The number of para-hydroxylation sites is 1. The summed E-state index contributed by atoms with van der Waals surface area (Å²) in [7, 11) is 0. The Labute approximate surface area is 157 Å². The molecule has 3 aromatic rings. The molecule has 3 rings (SSSR count). The minimum atomic E-state index is -0.751. The predicted molar refractivity (Wildman–Crippen MR) is 104 cm³/mol. The van der Waals surface area contributed by atoms with Crippen LogP contribution in [0.5, 0.6) is 11.5 Å². The van der Waals surface area contributed by atoms with Crippen molar-refractivity contribution >= 4 is 16.7 Å². The van der Waals surface area contributed by atoms with Crippen molar-refractivity contribution in [2.24, 2.45) is 0 Å². The fourth-order valence-corrected chi connectivity index (χ4v) is 2.79. The highest BCUT2D eigenvalue weighted by Crippen LogP contribution is 2.25. The molecular formula is C22H22FNO3. The molecule has 5 heteroatoms. The molecule has 4 nitrogen and oxygen atoms in total. The van der Waals surface area contributed by atoms with E-state index in [2.05, 4.69) is 5.32 Å². The summed E-state index contributed by atoms with van der Waals surface area (Å²) in [5, 5.41) is 4.91. The van der Waals surface area contributed by atoms with Gasteiger partial charge in [0.1, 0.15) is 12.4 Å². The number of hydrogen-bond donors (Lipinski definition) is 1. The van der Waals surface area contributed by atoms with Crippen LogP contribution in [0.2, 0.25) is 0 Å². The Balaban J connectivity index is 1.51.